The van der Waals surface area contributed by atoms with Crippen LogP contribution in [0.4, 0.5) is 0 Å². The second kappa shape index (κ2) is 8.77. The number of hydrogen-bond acceptors (Lipinski definition) is 3. The molecule has 1 amide bonds. The Bertz CT molecular complexity index is 378. The first kappa shape index (κ1) is 18.5. The van der Waals surface area contributed by atoms with Crippen molar-refractivity contribution in [3.05, 3.63) is 0 Å². The molecule has 6 nitrogen and oxygen atoms in total. The van der Waals surface area contributed by atoms with Gasteiger partial charge in [-0.05, 0) is 19.8 Å². The van der Waals surface area contributed by atoms with Gasteiger partial charge in [-0.1, -0.05) is 0 Å². The van der Waals surface area contributed by atoms with Gasteiger partial charge in [0.1, 0.15) is 0 Å². The Hall–Kier alpha value is -0.570. The predicted octanol–water partition coefficient (Wildman–Crippen LogP) is 0.818. The fourth-order valence-corrected chi connectivity index (χ4v) is 3.10. The number of methoxy groups -OCH3 is 1. The van der Waals surface area contributed by atoms with Gasteiger partial charge < -0.3 is 20.3 Å². The van der Waals surface area contributed by atoms with Gasteiger partial charge in [0.2, 0.25) is 5.91 Å². The normalized spacial score (nSPS) is 25.7. The minimum absolute atomic E-state index is 0. The number of aliphatic imine (C=N–C) groups is 1. The molecule has 0 aliphatic carbocycles. The fourth-order valence-electron chi connectivity index (χ4n) is 3.10. The average molecular weight is 410 g/mol. The number of piperidine rings is 1. The molecule has 21 heavy (non-hydrogen) atoms. The lowest BCUT2D eigenvalue weighted by molar-refractivity contribution is -0.119. The van der Waals surface area contributed by atoms with Gasteiger partial charge in [-0.15, -0.1) is 24.0 Å². The number of hydrogen-bond donors (Lipinski definition) is 2. The first-order chi connectivity index (χ1) is 9.69. The van der Waals surface area contributed by atoms with Crippen molar-refractivity contribution in [1.29, 1.82) is 0 Å². The van der Waals surface area contributed by atoms with Crippen LogP contribution in [0.5, 0.6) is 0 Å². The summed E-state index contributed by atoms with van der Waals surface area (Å²) in [6, 6.07) is 0. The summed E-state index contributed by atoms with van der Waals surface area (Å²) in [6.07, 6.45) is 2.89. The fraction of sp³-hybridized carbons (Fsp3) is 0.857. The highest BCUT2D eigenvalue weighted by Gasteiger charge is 2.42. The predicted molar refractivity (Wildman–Crippen MR) is 94.1 cm³/mol. The van der Waals surface area contributed by atoms with Crippen LogP contribution < -0.4 is 10.6 Å². The van der Waals surface area contributed by atoms with Gasteiger partial charge in [0.25, 0.3) is 0 Å². The molecule has 2 aliphatic heterocycles. The Balaban J connectivity index is 0.00000220. The molecule has 2 aliphatic rings. The number of nitrogens with one attached hydrogen (secondary N) is 2. The van der Waals surface area contributed by atoms with Gasteiger partial charge in [-0.25, -0.2) is 0 Å². The van der Waals surface area contributed by atoms with Crippen molar-refractivity contribution in [3.8, 4) is 0 Å². The van der Waals surface area contributed by atoms with Crippen LogP contribution in [-0.2, 0) is 9.53 Å². The summed E-state index contributed by atoms with van der Waals surface area (Å²) in [6.45, 7) is 6.95. The molecule has 0 bridgehead atoms. The van der Waals surface area contributed by atoms with E-state index in [9.17, 15) is 4.79 Å². The van der Waals surface area contributed by atoms with Crippen LogP contribution in [0, 0.1) is 5.41 Å². The summed E-state index contributed by atoms with van der Waals surface area (Å²) in [7, 11) is 1.69. The quantitative estimate of drug-likeness (QED) is 0.312. The highest BCUT2D eigenvalue weighted by molar-refractivity contribution is 14.0. The van der Waals surface area contributed by atoms with Crippen molar-refractivity contribution in [1.82, 2.24) is 15.5 Å². The lowest BCUT2D eigenvalue weighted by atomic mass is 9.79. The zero-order valence-corrected chi connectivity index (χ0v) is 15.3. The van der Waals surface area contributed by atoms with E-state index in [0.717, 1.165) is 45.0 Å². The van der Waals surface area contributed by atoms with Crippen molar-refractivity contribution in [2.75, 3.05) is 46.4 Å². The highest BCUT2D eigenvalue weighted by atomic mass is 127. The van der Waals surface area contributed by atoms with Crippen LogP contribution in [0.3, 0.4) is 0 Å². The van der Waals surface area contributed by atoms with Gasteiger partial charge in [0, 0.05) is 45.1 Å². The second-order valence-electron chi connectivity index (χ2n) is 5.71. The third kappa shape index (κ3) is 4.98. The van der Waals surface area contributed by atoms with E-state index >= 15 is 0 Å². The Morgan fingerprint density at radius 1 is 1.57 bits per heavy atom. The van der Waals surface area contributed by atoms with Crippen molar-refractivity contribution in [3.63, 3.8) is 0 Å². The molecule has 1 atom stereocenters. The van der Waals surface area contributed by atoms with Gasteiger partial charge >= 0.3 is 0 Å². The van der Waals surface area contributed by atoms with Gasteiger partial charge in [-0.2, -0.15) is 0 Å². The molecular formula is C14H27IN4O2. The Labute approximate surface area is 144 Å². The molecule has 2 heterocycles. The third-order valence-electron chi connectivity index (χ3n) is 4.05. The average Bonchev–Trinajstić information content (AvgIpc) is 2.79. The SMILES string of the molecule is CCNC(=NCCOC)N1CCCC2(CNC(=O)C2)C1.I. The van der Waals surface area contributed by atoms with E-state index in [1.54, 1.807) is 7.11 Å². The maximum Gasteiger partial charge on any atom is 0.220 e. The number of halogens is 1. The minimum Gasteiger partial charge on any atom is -0.383 e. The first-order valence-electron chi connectivity index (χ1n) is 7.48. The van der Waals surface area contributed by atoms with Crippen molar-refractivity contribution >= 4 is 35.8 Å². The number of guanidine groups is 1. The van der Waals surface area contributed by atoms with Crippen molar-refractivity contribution < 1.29 is 9.53 Å². The molecule has 2 fully saturated rings. The van der Waals surface area contributed by atoms with Gasteiger partial charge in [0.05, 0.1) is 13.2 Å². The zero-order valence-electron chi connectivity index (χ0n) is 13.0. The maximum absolute atomic E-state index is 11.5. The lowest BCUT2D eigenvalue weighted by Crippen LogP contribution is -2.51. The van der Waals surface area contributed by atoms with Crippen LogP contribution in [0.1, 0.15) is 26.2 Å². The van der Waals surface area contributed by atoms with E-state index in [0.29, 0.717) is 19.6 Å². The minimum atomic E-state index is 0. The monoisotopic (exact) mass is 410 g/mol. The summed E-state index contributed by atoms with van der Waals surface area (Å²) in [5.74, 6) is 1.14. The summed E-state index contributed by atoms with van der Waals surface area (Å²) in [5.41, 5.74) is 0.104. The molecule has 2 rings (SSSR count). The Morgan fingerprint density at radius 3 is 3.00 bits per heavy atom. The molecule has 0 aromatic heterocycles. The highest BCUT2D eigenvalue weighted by Crippen LogP contribution is 2.35. The van der Waals surface area contributed by atoms with E-state index in [1.165, 1.54) is 0 Å². The van der Waals surface area contributed by atoms with E-state index in [2.05, 4.69) is 27.4 Å². The molecule has 7 heteroatoms. The molecule has 1 unspecified atom stereocenters. The largest absolute Gasteiger partial charge is 0.383 e. The van der Waals surface area contributed by atoms with Gasteiger partial charge in [-0.3, -0.25) is 9.79 Å². The van der Waals surface area contributed by atoms with Crippen LogP contribution in [0.2, 0.25) is 0 Å². The molecule has 0 aromatic rings. The van der Waals surface area contributed by atoms with Crippen LogP contribution in [0.15, 0.2) is 4.99 Å². The number of carbonyl (C=O) groups is 1. The van der Waals surface area contributed by atoms with Crippen LogP contribution in [-0.4, -0.2) is 63.2 Å². The standard InChI is InChI=1S/C14H26N4O2.HI/c1-3-15-13(16-6-8-20-2)18-7-4-5-14(11-18)9-12(19)17-10-14;/h3-11H2,1-2H3,(H,15,16)(H,17,19);1H. The summed E-state index contributed by atoms with van der Waals surface area (Å²) in [5, 5.41) is 6.32. The number of amides is 1. The Kier molecular flexibility index (Phi) is 7.72. The van der Waals surface area contributed by atoms with E-state index < -0.39 is 0 Å². The number of likely N-dealkylation sites (tertiary alicyclic amines) is 1. The number of ether oxygens (including phenoxy) is 1. The molecule has 122 valence electrons. The molecule has 0 aromatic carbocycles. The van der Waals surface area contributed by atoms with Crippen LogP contribution in [0.25, 0.3) is 0 Å². The summed E-state index contributed by atoms with van der Waals surface area (Å²) < 4.78 is 5.06. The molecule has 0 saturated carbocycles. The Morgan fingerprint density at radius 2 is 2.38 bits per heavy atom. The first-order valence-corrected chi connectivity index (χ1v) is 7.48. The van der Waals surface area contributed by atoms with E-state index in [1.807, 2.05) is 0 Å². The van der Waals surface area contributed by atoms with Crippen molar-refractivity contribution in [2.45, 2.75) is 26.2 Å². The smallest absolute Gasteiger partial charge is 0.220 e. The summed E-state index contributed by atoms with van der Waals surface area (Å²) in [4.78, 5) is 18.4. The van der Waals surface area contributed by atoms with Crippen molar-refractivity contribution in [2.24, 2.45) is 10.4 Å². The molecule has 0 radical (unpaired) electrons. The zero-order chi connectivity index (χ0) is 14.4. The second-order valence-corrected chi connectivity index (χ2v) is 5.71. The van der Waals surface area contributed by atoms with Gasteiger partial charge in [0.15, 0.2) is 5.96 Å². The van der Waals surface area contributed by atoms with Crippen LogP contribution >= 0.6 is 24.0 Å². The molecular weight excluding hydrogens is 383 g/mol. The number of carbonyl (C=O) groups excluding carboxylic acids is 1. The third-order valence-corrected chi connectivity index (χ3v) is 4.05. The number of rotatable bonds is 4. The van der Waals surface area contributed by atoms with E-state index in [4.69, 9.17) is 4.74 Å². The molecule has 2 saturated heterocycles. The number of nitrogens with zero attached hydrogens (tertiary/aromatic N) is 2. The maximum atomic E-state index is 11.5. The molecule has 2 N–H and O–H groups in total. The van der Waals surface area contributed by atoms with E-state index in [-0.39, 0.29) is 35.3 Å². The topological polar surface area (TPSA) is 66.0 Å². The lowest BCUT2D eigenvalue weighted by Gasteiger charge is -2.40. The molecule has 1 spiro atoms. The summed E-state index contributed by atoms with van der Waals surface area (Å²) >= 11 is 0.